The van der Waals surface area contributed by atoms with Gasteiger partial charge in [-0.1, -0.05) is 32.3 Å². The van der Waals surface area contributed by atoms with Crippen LogP contribution in [0.1, 0.15) is 50.4 Å². The molecule has 0 saturated carbocycles. The van der Waals surface area contributed by atoms with E-state index in [1.807, 2.05) is 0 Å². The van der Waals surface area contributed by atoms with Crippen LogP contribution >= 0.6 is 11.3 Å². The number of hydrogen-bond donors (Lipinski definition) is 1. The maximum atomic E-state index is 5.59. The monoisotopic (exact) mass is 255 g/mol. The minimum Gasteiger partial charge on any atom is -0.380 e. The van der Waals surface area contributed by atoms with Crippen molar-refractivity contribution < 1.29 is 4.74 Å². The zero-order valence-corrected chi connectivity index (χ0v) is 11.9. The summed E-state index contributed by atoms with van der Waals surface area (Å²) < 4.78 is 5.59. The normalized spacial score (nSPS) is 12.8. The van der Waals surface area contributed by atoms with Crippen LogP contribution in [-0.4, -0.2) is 19.8 Å². The van der Waals surface area contributed by atoms with Crippen LogP contribution in [-0.2, 0) is 4.74 Å². The maximum absolute atomic E-state index is 5.59. The molecule has 2 nitrogen and oxygen atoms in total. The average molecular weight is 255 g/mol. The van der Waals surface area contributed by atoms with Crippen LogP contribution in [0.25, 0.3) is 0 Å². The Morgan fingerprint density at radius 3 is 2.88 bits per heavy atom. The zero-order valence-electron chi connectivity index (χ0n) is 11.1. The van der Waals surface area contributed by atoms with Crippen LogP contribution in [0.3, 0.4) is 0 Å². The molecule has 0 aromatic carbocycles. The van der Waals surface area contributed by atoms with Crippen molar-refractivity contribution >= 4 is 11.3 Å². The first-order valence-electron chi connectivity index (χ1n) is 6.69. The molecule has 1 rings (SSSR count). The predicted molar refractivity (Wildman–Crippen MR) is 75.7 cm³/mol. The molecule has 0 aliphatic heterocycles. The lowest BCUT2D eigenvalue weighted by atomic mass is 10.2. The highest BCUT2D eigenvalue weighted by Crippen LogP contribution is 2.17. The smallest absolute Gasteiger partial charge is 0.0591 e. The van der Waals surface area contributed by atoms with Crippen molar-refractivity contribution in [2.45, 2.75) is 45.6 Å². The Labute approximate surface area is 109 Å². The summed E-state index contributed by atoms with van der Waals surface area (Å²) in [5, 5.41) is 5.60. The second-order valence-electron chi connectivity index (χ2n) is 4.36. The van der Waals surface area contributed by atoms with E-state index in [-0.39, 0.29) is 0 Å². The van der Waals surface area contributed by atoms with E-state index in [1.54, 1.807) is 11.3 Å². The van der Waals surface area contributed by atoms with Gasteiger partial charge in [0.25, 0.3) is 0 Å². The molecule has 0 saturated heterocycles. The van der Waals surface area contributed by atoms with Crippen LogP contribution in [0.2, 0.25) is 0 Å². The van der Waals surface area contributed by atoms with Gasteiger partial charge < -0.3 is 10.1 Å². The molecule has 3 heteroatoms. The molecule has 1 heterocycles. The van der Waals surface area contributed by atoms with Crippen molar-refractivity contribution in [2.75, 3.05) is 19.8 Å². The lowest BCUT2D eigenvalue weighted by Crippen LogP contribution is -2.22. The molecule has 0 aliphatic rings. The van der Waals surface area contributed by atoms with Gasteiger partial charge in [0.1, 0.15) is 0 Å². The molecule has 0 spiro atoms. The molecular weight excluding hydrogens is 230 g/mol. The summed E-state index contributed by atoms with van der Waals surface area (Å²) >= 11 is 1.81. The second-order valence-corrected chi connectivity index (χ2v) is 5.34. The molecule has 1 unspecified atom stereocenters. The summed E-state index contributed by atoms with van der Waals surface area (Å²) in [6.45, 7) is 7.10. The van der Waals surface area contributed by atoms with Gasteiger partial charge in [-0.25, -0.2) is 0 Å². The van der Waals surface area contributed by atoms with Crippen LogP contribution in [0.15, 0.2) is 17.5 Å². The maximum Gasteiger partial charge on any atom is 0.0591 e. The molecule has 0 bridgehead atoms. The number of hydrogen-bond acceptors (Lipinski definition) is 3. The third kappa shape index (κ3) is 6.81. The highest BCUT2D eigenvalue weighted by molar-refractivity contribution is 7.10. The first-order chi connectivity index (χ1) is 8.34. The van der Waals surface area contributed by atoms with Crippen molar-refractivity contribution in [3.8, 4) is 0 Å². The van der Waals surface area contributed by atoms with Crippen LogP contribution in [0, 0.1) is 0 Å². The predicted octanol–water partition coefficient (Wildman–Crippen LogP) is 4.00. The highest BCUT2D eigenvalue weighted by Gasteiger charge is 2.04. The minimum absolute atomic E-state index is 0.443. The summed E-state index contributed by atoms with van der Waals surface area (Å²) in [4.78, 5) is 1.40. The number of unbranched alkanes of at least 4 members (excludes halogenated alkanes) is 3. The SMILES string of the molecule is CCCCCCOCCNC(C)c1cccs1. The van der Waals surface area contributed by atoms with E-state index >= 15 is 0 Å². The first kappa shape index (κ1) is 14.7. The second kappa shape index (κ2) is 9.63. The molecule has 0 fully saturated rings. The fraction of sp³-hybridized carbons (Fsp3) is 0.714. The lowest BCUT2D eigenvalue weighted by molar-refractivity contribution is 0.130. The van der Waals surface area contributed by atoms with Gasteiger partial charge in [-0.05, 0) is 24.8 Å². The number of nitrogens with one attached hydrogen (secondary N) is 1. The van der Waals surface area contributed by atoms with Gasteiger partial charge in [0, 0.05) is 24.1 Å². The van der Waals surface area contributed by atoms with E-state index in [0.29, 0.717) is 6.04 Å². The Bertz CT molecular complexity index is 261. The van der Waals surface area contributed by atoms with E-state index in [4.69, 9.17) is 4.74 Å². The number of thiophene rings is 1. The van der Waals surface area contributed by atoms with Crippen molar-refractivity contribution in [2.24, 2.45) is 0 Å². The Hall–Kier alpha value is -0.380. The molecule has 0 amide bonds. The minimum atomic E-state index is 0.443. The Balaban J connectivity index is 1.90. The van der Waals surface area contributed by atoms with E-state index in [0.717, 1.165) is 19.8 Å². The Kier molecular flexibility index (Phi) is 8.32. The molecule has 0 aliphatic carbocycles. The quantitative estimate of drug-likeness (QED) is 0.638. The van der Waals surface area contributed by atoms with Crippen LogP contribution in [0.5, 0.6) is 0 Å². The fourth-order valence-corrected chi connectivity index (χ4v) is 2.48. The van der Waals surface area contributed by atoms with E-state index in [1.165, 1.54) is 30.6 Å². The molecule has 1 N–H and O–H groups in total. The number of ether oxygens (including phenoxy) is 1. The topological polar surface area (TPSA) is 21.3 Å². The molecule has 98 valence electrons. The molecular formula is C14H25NOS. The third-order valence-electron chi connectivity index (χ3n) is 2.81. The Morgan fingerprint density at radius 2 is 2.18 bits per heavy atom. The zero-order chi connectivity index (χ0) is 12.3. The van der Waals surface area contributed by atoms with E-state index in [2.05, 4.69) is 36.7 Å². The lowest BCUT2D eigenvalue weighted by Gasteiger charge is -2.12. The molecule has 1 aromatic rings. The van der Waals surface area contributed by atoms with Gasteiger partial charge in [0.2, 0.25) is 0 Å². The third-order valence-corrected chi connectivity index (χ3v) is 3.86. The van der Waals surface area contributed by atoms with Crippen molar-refractivity contribution in [1.29, 1.82) is 0 Å². The van der Waals surface area contributed by atoms with Crippen LogP contribution in [0.4, 0.5) is 0 Å². The molecule has 1 atom stereocenters. The van der Waals surface area contributed by atoms with E-state index in [9.17, 15) is 0 Å². The summed E-state index contributed by atoms with van der Waals surface area (Å²) in [6.07, 6.45) is 5.13. The largest absolute Gasteiger partial charge is 0.380 e. The molecule has 0 radical (unpaired) electrons. The first-order valence-corrected chi connectivity index (χ1v) is 7.57. The summed E-state index contributed by atoms with van der Waals surface area (Å²) in [6, 6.07) is 4.72. The molecule has 17 heavy (non-hydrogen) atoms. The van der Waals surface area contributed by atoms with Gasteiger partial charge >= 0.3 is 0 Å². The summed E-state index contributed by atoms with van der Waals surface area (Å²) in [7, 11) is 0. The van der Waals surface area contributed by atoms with Crippen LogP contribution < -0.4 is 5.32 Å². The van der Waals surface area contributed by atoms with Crippen molar-refractivity contribution in [1.82, 2.24) is 5.32 Å². The average Bonchev–Trinajstić information content (AvgIpc) is 2.86. The summed E-state index contributed by atoms with van der Waals surface area (Å²) in [5.74, 6) is 0. The standard InChI is InChI=1S/C14H25NOS/c1-3-4-5-6-10-16-11-9-15-13(2)14-8-7-12-17-14/h7-8,12-13,15H,3-6,9-11H2,1-2H3. The molecule has 1 aromatic heterocycles. The number of rotatable bonds is 10. The van der Waals surface area contributed by atoms with Gasteiger partial charge in [-0.2, -0.15) is 0 Å². The van der Waals surface area contributed by atoms with E-state index < -0.39 is 0 Å². The summed E-state index contributed by atoms with van der Waals surface area (Å²) in [5.41, 5.74) is 0. The Morgan fingerprint density at radius 1 is 1.29 bits per heavy atom. The van der Waals surface area contributed by atoms with Gasteiger partial charge in [-0.15, -0.1) is 11.3 Å². The van der Waals surface area contributed by atoms with Gasteiger partial charge in [0.15, 0.2) is 0 Å². The van der Waals surface area contributed by atoms with Gasteiger partial charge in [0.05, 0.1) is 6.61 Å². The van der Waals surface area contributed by atoms with Crippen molar-refractivity contribution in [3.05, 3.63) is 22.4 Å². The highest BCUT2D eigenvalue weighted by atomic mass is 32.1. The van der Waals surface area contributed by atoms with Crippen molar-refractivity contribution in [3.63, 3.8) is 0 Å². The fourth-order valence-electron chi connectivity index (χ4n) is 1.72. The van der Waals surface area contributed by atoms with Gasteiger partial charge in [-0.3, -0.25) is 0 Å².